The van der Waals surface area contributed by atoms with E-state index in [4.69, 9.17) is 4.42 Å². The molecule has 0 spiro atoms. The van der Waals surface area contributed by atoms with E-state index in [9.17, 15) is 0 Å². The van der Waals surface area contributed by atoms with Crippen molar-refractivity contribution in [2.24, 2.45) is 0 Å². The number of rotatable bonds is 3. The van der Waals surface area contributed by atoms with Crippen molar-refractivity contribution < 1.29 is 4.42 Å². The Hall–Kier alpha value is -0.0600. The molecule has 0 aliphatic rings. The highest BCUT2D eigenvalue weighted by Gasteiger charge is 2.12. The first-order valence-electron chi connectivity index (χ1n) is 4.79. The molecule has 1 atom stereocenters. The molecular formula is C12H9Br3O. The quantitative estimate of drug-likeness (QED) is 0.612. The zero-order valence-corrected chi connectivity index (χ0v) is 13.0. The predicted octanol–water partition coefficient (Wildman–Crippen LogP) is 5.48. The van der Waals surface area contributed by atoms with Crippen molar-refractivity contribution in [3.05, 3.63) is 56.9 Å². The van der Waals surface area contributed by atoms with Crippen LogP contribution in [0, 0.1) is 0 Å². The molecule has 0 aliphatic carbocycles. The summed E-state index contributed by atoms with van der Waals surface area (Å²) in [6.45, 7) is 0. The van der Waals surface area contributed by atoms with Gasteiger partial charge in [-0.25, -0.2) is 0 Å². The molecule has 84 valence electrons. The van der Waals surface area contributed by atoms with Crippen LogP contribution in [0.15, 0.2) is 50.0 Å². The molecule has 0 bridgehead atoms. The third kappa shape index (κ3) is 3.22. The van der Waals surface area contributed by atoms with E-state index in [0.717, 1.165) is 21.3 Å². The summed E-state index contributed by atoms with van der Waals surface area (Å²) in [7, 11) is 0. The van der Waals surface area contributed by atoms with E-state index in [0.29, 0.717) is 0 Å². The smallest absolute Gasteiger partial charge is 0.169 e. The Morgan fingerprint density at radius 1 is 1.00 bits per heavy atom. The lowest BCUT2D eigenvalue weighted by Gasteiger charge is -2.06. The molecule has 1 heterocycles. The third-order valence-corrected chi connectivity index (χ3v) is 3.96. The van der Waals surface area contributed by atoms with Gasteiger partial charge in [-0.1, -0.05) is 44.0 Å². The number of benzene rings is 1. The zero-order chi connectivity index (χ0) is 11.5. The van der Waals surface area contributed by atoms with Gasteiger partial charge in [0.2, 0.25) is 0 Å². The maximum atomic E-state index is 5.50. The minimum Gasteiger partial charge on any atom is -0.453 e. The van der Waals surface area contributed by atoms with Gasteiger partial charge in [-0.2, -0.15) is 0 Å². The van der Waals surface area contributed by atoms with Crippen LogP contribution in [0.5, 0.6) is 0 Å². The molecule has 0 saturated carbocycles. The molecular weight excluding hydrogens is 400 g/mol. The summed E-state index contributed by atoms with van der Waals surface area (Å²) in [5.74, 6) is 0.940. The van der Waals surface area contributed by atoms with Gasteiger partial charge in [-0.3, -0.25) is 0 Å². The minimum absolute atomic E-state index is 0.208. The molecule has 1 aromatic heterocycles. The monoisotopic (exact) mass is 406 g/mol. The van der Waals surface area contributed by atoms with Crippen molar-refractivity contribution in [3.8, 4) is 0 Å². The molecule has 1 unspecified atom stereocenters. The lowest BCUT2D eigenvalue weighted by molar-refractivity contribution is 0.486. The Morgan fingerprint density at radius 2 is 1.69 bits per heavy atom. The lowest BCUT2D eigenvalue weighted by atomic mass is 10.1. The van der Waals surface area contributed by atoms with E-state index in [1.54, 1.807) is 0 Å². The van der Waals surface area contributed by atoms with Gasteiger partial charge in [0.15, 0.2) is 4.67 Å². The molecule has 0 fully saturated rings. The van der Waals surface area contributed by atoms with E-state index < -0.39 is 0 Å². The molecule has 1 nitrogen and oxygen atoms in total. The van der Waals surface area contributed by atoms with Crippen molar-refractivity contribution in [2.45, 2.75) is 11.2 Å². The summed E-state index contributed by atoms with van der Waals surface area (Å²) < 4.78 is 7.37. The van der Waals surface area contributed by atoms with Crippen LogP contribution in [0.1, 0.15) is 16.2 Å². The van der Waals surface area contributed by atoms with Crippen LogP contribution in [0.2, 0.25) is 0 Å². The van der Waals surface area contributed by atoms with Gasteiger partial charge in [0.05, 0.1) is 4.83 Å². The molecule has 2 rings (SSSR count). The van der Waals surface area contributed by atoms with Crippen LogP contribution in [0.3, 0.4) is 0 Å². The summed E-state index contributed by atoms with van der Waals surface area (Å²) in [5, 5.41) is 0. The summed E-state index contributed by atoms with van der Waals surface area (Å²) in [5.41, 5.74) is 1.28. The molecule has 0 radical (unpaired) electrons. The van der Waals surface area contributed by atoms with E-state index >= 15 is 0 Å². The number of hydrogen-bond acceptors (Lipinski definition) is 1. The number of furan rings is 1. The van der Waals surface area contributed by atoms with Gasteiger partial charge in [-0.15, -0.1) is 0 Å². The zero-order valence-electron chi connectivity index (χ0n) is 8.29. The average Bonchev–Trinajstić information content (AvgIpc) is 2.68. The Kier molecular flexibility index (Phi) is 4.27. The Balaban J connectivity index is 2.07. The van der Waals surface area contributed by atoms with Crippen molar-refractivity contribution >= 4 is 47.8 Å². The minimum atomic E-state index is 0.208. The second kappa shape index (κ2) is 5.52. The van der Waals surface area contributed by atoms with Gasteiger partial charge in [-0.05, 0) is 52.2 Å². The van der Waals surface area contributed by atoms with Crippen molar-refractivity contribution in [1.82, 2.24) is 0 Å². The molecule has 0 amide bonds. The first kappa shape index (κ1) is 12.4. The van der Waals surface area contributed by atoms with Crippen molar-refractivity contribution in [3.63, 3.8) is 0 Å². The van der Waals surface area contributed by atoms with Crippen LogP contribution < -0.4 is 0 Å². The van der Waals surface area contributed by atoms with Gasteiger partial charge < -0.3 is 4.42 Å². The van der Waals surface area contributed by atoms with Gasteiger partial charge >= 0.3 is 0 Å². The second-order valence-corrected chi connectivity index (χ2v) is 6.24. The molecule has 1 aromatic carbocycles. The van der Waals surface area contributed by atoms with Crippen LogP contribution >= 0.6 is 47.8 Å². The summed E-state index contributed by atoms with van der Waals surface area (Å²) in [6, 6.07) is 12.2. The van der Waals surface area contributed by atoms with Crippen LogP contribution in [0.25, 0.3) is 0 Å². The van der Waals surface area contributed by atoms with E-state index in [2.05, 4.69) is 59.9 Å². The number of halogens is 3. The van der Waals surface area contributed by atoms with E-state index in [-0.39, 0.29) is 4.83 Å². The number of alkyl halides is 1. The fraction of sp³-hybridized carbons (Fsp3) is 0.167. The highest BCUT2D eigenvalue weighted by Crippen LogP contribution is 2.30. The highest BCUT2D eigenvalue weighted by molar-refractivity contribution is 9.10. The molecule has 0 aliphatic heterocycles. The molecule has 0 saturated heterocycles. The molecule has 2 aromatic rings. The lowest BCUT2D eigenvalue weighted by Crippen LogP contribution is -1.93. The van der Waals surface area contributed by atoms with Gasteiger partial charge in [0, 0.05) is 4.47 Å². The van der Waals surface area contributed by atoms with E-state index in [1.165, 1.54) is 5.56 Å². The standard InChI is InChI=1S/C12H9Br3O/c13-9-3-1-8(2-4-9)7-10(14)11-5-6-12(15)16-11/h1-6,10H,7H2. The number of hydrogen-bond donors (Lipinski definition) is 0. The Bertz CT molecular complexity index is 461. The van der Waals surface area contributed by atoms with Crippen LogP contribution in [0.4, 0.5) is 0 Å². The first-order chi connectivity index (χ1) is 7.65. The Morgan fingerprint density at radius 3 is 2.25 bits per heavy atom. The van der Waals surface area contributed by atoms with Gasteiger partial charge in [0.25, 0.3) is 0 Å². The third-order valence-electron chi connectivity index (χ3n) is 2.23. The van der Waals surface area contributed by atoms with Gasteiger partial charge in [0.1, 0.15) is 5.76 Å². The molecule has 16 heavy (non-hydrogen) atoms. The Labute approximate surface area is 120 Å². The topological polar surface area (TPSA) is 13.1 Å². The SMILES string of the molecule is Brc1ccc(CC(Br)c2ccc(Br)o2)cc1. The predicted molar refractivity (Wildman–Crippen MR) is 75.9 cm³/mol. The van der Waals surface area contributed by atoms with Crippen LogP contribution in [-0.4, -0.2) is 0 Å². The molecule has 4 heteroatoms. The first-order valence-corrected chi connectivity index (χ1v) is 7.29. The maximum absolute atomic E-state index is 5.50. The van der Waals surface area contributed by atoms with Crippen molar-refractivity contribution in [2.75, 3.05) is 0 Å². The maximum Gasteiger partial charge on any atom is 0.169 e. The highest BCUT2D eigenvalue weighted by atomic mass is 79.9. The second-order valence-electron chi connectivity index (χ2n) is 3.44. The van der Waals surface area contributed by atoms with E-state index in [1.807, 2.05) is 24.3 Å². The fourth-order valence-electron chi connectivity index (χ4n) is 1.42. The summed E-state index contributed by atoms with van der Waals surface area (Å²) >= 11 is 10.4. The average molecular weight is 409 g/mol. The summed E-state index contributed by atoms with van der Waals surface area (Å²) in [6.07, 6.45) is 0.910. The summed E-state index contributed by atoms with van der Waals surface area (Å²) in [4.78, 5) is 0.208. The fourth-order valence-corrected chi connectivity index (χ4v) is 2.63. The largest absolute Gasteiger partial charge is 0.453 e. The van der Waals surface area contributed by atoms with Crippen LogP contribution in [-0.2, 0) is 6.42 Å². The molecule has 0 N–H and O–H groups in total. The van der Waals surface area contributed by atoms with Crippen molar-refractivity contribution in [1.29, 1.82) is 0 Å². The normalized spacial score (nSPS) is 12.7.